The number of amides is 1. The van der Waals surface area contributed by atoms with Gasteiger partial charge in [0, 0.05) is 48.5 Å². The van der Waals surface area contributed by atoms with E-state index in [4.69, 9.17) is 21.1 Å². The van der Waals surface area contributed by atoms with Crippen molar-refractivity contribution in [3.8, 4) is 5.75 Å². The van der Waals surface area contributed by atoms with Crippen LogP contribution >= 0.6 is 11.6 Å². The SMILES string of the molecule is Cc1cc(S(=O)(=O)N2CCOCC2)ccc1OCC(=O)NCCNc1ccnc2cc(Cl)ccc12. The molecule has 0 spiro atoms. The lowest BCUT2D eigenvalue weighted by molar-refractivity contribution is -0.123. The van der Waals surface area contributed by atoms with E-state index in [-0.39, 0.29) is 17.4 Å². The molecular weight excluding hydrogens is 492 g/mol. The molecule has 3 aromatic rings. The minimum Gasteiger partial charge on any atom is -0.484 e. The van der Waals surface area contributed by atoms with E-state index in [0.29, 0.717) is 55.7 Å². The van der Waals surface area contributed by atoms with Gasteiger partial charge < -0.3 is 20.1 Å². The topological polar surface area (TPSA) is 110 Å². The van der Waals surface area contributed by atoms with Crippen LogP contribution < -0.4 is 15.4 Å². The number of morpholine rings is 1. The van der Waals surface area contributed by atoms with Crippen molar-refractivity contribution in [2.45, 2.75) is 11.8 Å². The lowest BCUT2D eigenvalue weighted by Gasteiger charge is -2.26. The average Bonchev–Trinajstić information content (AvgIpc) is 2.86. The zero-order chi connectivity index (χ0) is 24.8. The van der Waals surface area contributed by atoms with Crippen LogP contribution in [0.5, 0.6) is 5.75 Å². The van der Waals surface area contributed by atoms with Gasteiger partial charge in [-0.15, -0.1) is 0 Å². The van der Waals surface area contributed by atoms with E-state index in [1.807, 2.05) is 18.2 Å². The Kier molecular flexibility index (Phi) is 8.07. The summed E-state index contributed by atoms with van der Waals surface area (Å²) in [5.74, 6) is 0.184. The Balaban J connectivity index is 1.25. The number of hydrogen-bond donors (Lipinski definition) is 2. The molecule has 0 atom stereocenters. The Hall–Kier alpha value is -2.92. The highest BCUT2D eigenvalue weighted by molar-refractivity contribution is 7.89. The summed E-state index contributed by atoms with van der Waals surface area (Å²) in [4.78, 5) is 16.7. The summed E-state index contributed by atoms with van der Waals surface area (Å²) in [5, 5.41) is 7.65. The van der Waals surface area contributed by atoms with Crippen LogP contribution in [0, 0.1) is 6.92 Å². The molecule has 35 heavy (non-hydrogen) atoms. The van der Waals surface area contributed by atoms with Gasteiger partial charge in [0.1, 0.15) is 5.75 Å². The predicted octanol–water partition coefficient (Wildman–Crippen LogP) is 2.82. The molecule has 2 N–H and O–H groups in total. The second-order valence-electron chi connectivity index (χ2n) is 8.03. The van der Waals surface area contributed by atoms with Crippen molar-refractivity contribution in [2.75, 3.05) is 51.3 Å². The third-order valence-corrected chi connectivity index (χ3v) is 7.71. The lowest BCUT2D eigenvalue weighted by Crippen LogP contribution is -2.40. The molecular formula is C24H27ClN4O5S. The number of sulfonamides is 1. The van der Waals surface area contributed by atoms with E-state index in [9.17, 15) is 13.2 Å². The molecule has 2 heterocycles. The fourth-order valence-corrected chi connectivity index (χ4v) is 5.41. The molecule has 1 aromatic heterocycles. The number of halogens is 1. The number of hydrogen-bond acceptors (Lipinski definition) is 7. The normalized spacial score (nSPS) is 14.6. The first-order valence-corrected chi connectivity index (χ1v) is 13.0. The number of ether oxygens (including phenoxy) is 2. The number of fused-ring (bicyclic) bond motifs is 1. The Labute approximate surface area is 209 Å². The fourth-order valence-electron chi connectivity index (χ4n) is 3.75. The average molecular weight is 519 g/mol. The Morgan fingerprint density at radius 3 is 2.71 bits per heavy atom. The highest BCUT2D eigenvalue weighted by Crippen LogP contribution is 2.25. The quantitative estimate of drug-likeness (QED) is 0.419. The molecule has 0 radical (unpaired) electrons. The summed E-state index contributed by atoms with van der Waals surface area (Å²) in [6, 6.07) is 12.0. The van der Waals surface area contributed by atoms with Crippen molar-refractivity contribution < 1.29 is 22.7 Å². The van der Waals surface area contributed by atoms with Crippen molar-refractivity contribution >= 4 is 44.1 Å². The first-order chi connectivity index (χ1) is 16.8. The number of nitrogens with one attached hydrogen (secondary N) is 2. The maximum absolute atomic E-state index is 12.8. The molecule has 1 fully saturated rings. The van der Waals surface area contributed by atoms with Gasteiger partial charge in [-0.1, -0.05) is 11.6 Å². The summed E-state index contributed by atoms with van der Waals surface area (Å²) in [6.45, 7) is 3.93. The zero-order valence-corrected chi connectivity index (χ0v) is 20.9. The van der Waals surface area contributed by atoms with Crippen LogP contribution in [0.2, 0.25) is 5.02 Å². The van der Waals surface area contributed by atoms with E-state index in [0.717, 1.165) is 16.6 Å². The van der Waals surface area contributed by atoms with Gasteiger partial charge in [-0.25, -0.2) is 8.42 Å². The number of pyridine rings is 1. The molecule has 1 aliphatic rings. The third kappa shape index (κ3) is 6.21. The number of carbonyl (C=O) groups excluding carboxylic acids is 1. The van der Waals surface area contributed by atoms with E-state index in [2.05, 4.69) is 15.6 Å². The van der Waals surface area contributed by atoms with Crippen molar-refractivity contribution in [1.29, 1.82) is 0 Å². The second kappa shape index (κ2) is 11.2. The summed E-state index contributed by atoms with van der Waals surface area (Å²) in [7, 11) is -3.59. The van der Waals surface area contributed by atoms with Crippen LogP contribution in [0.1, 0.15) is 5.56 Å². The van der Waals surface area contributed by atoms with E-state index in [1.54, 1.807) is 31.3 Å². The minimum absolute atomic E-state index is 0.174. The summed E-state index contributed by atoms with van der Waals surface area (Å²) < 4.78 is 37.9. The summed E-state index contributed by atoms with van der Waals surface area (Å²) in [5.41, 5.74) is 2.33. The van der Waals surface area contributed by atoms with Gasteiger partial charge in [0.2, 0.25) is 10.0 Å². The van der Waals surface area contributed by atoms with Crippen molar-refractivity contribution in [1.82, 2.24) is 14.6 Å². The molecule has 0 saturated carbocycles. The summed E-state index contributed by atoms with van der Waals surface area (Å²) >= 11 is 6.02. The highest BCUT2D eigenvalue weighted by Gasteiger charge is 2.26. The Bertz CT molecular complexity index is 1310. The standard InChI is InChI=1S/C24H27ClN4O5S/c1-17-14-19(35(31,32)29-10-12-33-13-11-29)3-5-23(17)34-16-24(30)28-9-8-27-21-6-7-26-22-15-18(25)2-4-20(21)22/h2-7,14-15H,8-13,16H2,1H3,(H,26,27)(H,28,30). The Morgan fingerprint density at radius 1 is 1.14 bits per heavy atom. The summed E-state index contributed by atoms with van der Waals surface area (Å²) in [6.07, 6.45) is 1.70. The Morgan fingerprint density at radius 2 is 1.94 bits per heavy atom. The number of carbonyl (C=O) groups is 1. The molecule has 0 unspecified atom stereocenters. The van der Waals surface area contributed by atoms with Crippen LogP contribution in [-0.4, -0.2) is 69.6 Å². The van der Waals surface area contributed by atoms with Crippen molar-refractivity contribution in [3.63, 3.8) is 0 Å². The molecule has 0 aliphatic carbocycles. The predicted molar refractivity (Wildman–Crippen MR) is 135 cm³/mol. The van der Waals surface area contributed by atoms with Gasteiger partial charge in [-0.3, -0.25) is 9.78 Å². The van der Waals surface area contributed by atoms with Crippen LogP contribution in [0.15, 0.2) is 53.6 Å². The van der Waals surface area contributed by atoms with Gasteiger partial charge in [-0.05, 0) is 55.0 Å². The molecule has 2 aromatic carbocycles. The fraction of sp³-hybridized carbons (Fsp3) is 0.333. The van der Waals surface area contributed by atoms with Crippen LogP contribution in [-0.2, 0) is 19.6 Å². The largest absolute Gasteiger partial charge is 0.484 e. The van der Waals surface area contributed by atoms with Crippen molar-refractivity contribution in [2.24, 2.45) is 0 Å². The molecule has 1 aliphatic heterocycles. The first-order valence-electron chi connectivity index (χ1n) is 11.2. The van der Waals surface area contributed by atoms with Gasteiger partial charge in [0.15, 0.2) is 6.61 Å². The molecule has 186 valence electrons. The monoisotopic (exact) mass is 518 g/mol. The maximum Gasteiger partial charge on any atom is 0.258 e. The lowest BCUT2D eigenvalue weighted by atomic mass is 10.2. The smallest absolute Gasteiger partial charge is 0.258 e. The molecule has 1 saturated heterocycles. The van der Waals surface area contributed by atoms with Gasteiger partial charge in [0.25, 0.3) is 5.91 Å². The number of anilines is 1. The number of rotatable bonds is 9. The first kappa shape index (κ1) is 25.2. The van der Waals surface area contributed by atoms with E-state index < -0.39 is 10.0 Å². The molecule has 4 rings (SSSR count). The van der Waals surface area contributed by atoms with Crippen LogP contribution in [0.3, 0.4) is 0 Å². The zero-order valence-electron chi connectivity index (χ0n) is 19.3. The van der Waals surface area contributed by atoms with Gasteiger partial charge in [0.05, 0.1) is 23.6 Å². The van der Waals surface area contributed by atoms with Crippen LogP contribution in [0.25, 0.3) is 10.9 Å². The van der Waals surface area contributed by atoms with E-state index >= 15 is 0 Å². The molecule has 9 nitrogen and oxygen atoms in total. The van der Waals surface area contributed by atoms with E-state index in [1.165, 1.54) is 10.4 Å². The number of nitrogens with zero attached hydrogens (tertiary/aromatic N) is 2. The number of aromatic nitrogens is 1. The maximum atomic E-state index is 12.8. The van der Waals surface area contributed by atoms with Crippen molar-refractivity contribution in [3.05, 3.63) is 59.2 Å². The third-order valence-electron chi connectivity index (χ3n) is 5.58. The molecule has 11 heteroatoms. The molecule has 0 bridgehead atoms. The van der Waals surface area contributed by atoms with Gasteiger partial charge >= 0.3 is 0 Å². The highest BCUT2D eigenvalue weighted by atomic mass is 35.5. The minimum atomic E-state index is -3.59. The second-order valence-corrected chi connectivity index (χ2v) is 10.4. The molecule has 1 amide bonds. The number of benzene rings is 2. The van der Waals surface area contributed by atoms with Gasteiger partial charge in [-0.2, -0.15) is 4.31 Å². The van der Waals surface area contributed by atoms with Crippen LogP contribution in [0.4, 0.5) is 5.69 Å². The number of aryl methyl sites for hydroxylation is 1.